The lowest BCUT2D eigenvalue weighted by Crippen LogP contribution is -2.37. The minimum Gasteiger partial charge on any atom is -0.378 e. The maximum Gasteiger partial charge on any atom is 0.251 e. The Hall–Kier alpha value is -3.60. The number of anilines is 1. The van der Waals surface area contributed by atoms with Crippen molar-refractivity contribution in [3.63, 3.8) is 0 Å². The Morgan fingerprint density at radius 2 is 1.42 bits per heavy atom. The van der Waals surface area contributed by atoms with E-state index in [1.165, 1.54) is 11.3 Å². The van der Waals surface area contributed by atoms with Crippen molar-refractivity contribution >= 4 is 17.5 Å². The molecule has 0 saturated heterocycles. The number of benzene rings is 3. The molecule has 0 aromatic heterocycles. The van der Waals surface area contributed by atoms with Crippen LogP contribution < -0.4 is 15.5 Å². The maximum atomic E-state index is 12.3. The monoisotopic (exact) mass is 415 g/mol. The zero-order valence-electron chi connectivity index (χ0n) is 18.1. The third-order valence-electron chi connectivity index (χ3n) is 5.08. The summed E-state index contributed by atoms with van der Waals surface area (Å²) in [5, 5.41) is 5.54. The second kappa shape index (κ2) is 11.0. The second-order valence-corrected chi connectivity index (χ2v) is 7.64. The Morgan fingerprint density at radius 1 is 0.774 bits per heavy atom. The topological polar surface area (TPSA) is 61.4 Å². The lowest BCUT2D eigenvalue weighted by Gasteiger charge is -2.12. The van der Waals surface area contributed by atoms with Gasteiger partial charge in [-0.2, -0.15) is 0 Å². The van der Waals surface area contributed by atoms with Crippen molar-refractivity contribution in [2.75, 3.05) is 32.1 Å². The molecule has 0 radical (unpaired) electrons. The molecule has 3 rings (SSSR count). The van der Waals surface area contributed by atoms with Crippen LogP contribution in [0.15, 0.2) is 78.9 Å². The molecule has 0 unspecified atom stereocenters. The van der Waals surface area contributed by atoms with E-state index in [1.807, 2.05) is 56.6 Å². The number of aryl methyl sites for hydroxylation is 1. The van der Waals surface area contributed by atoms with Gasteiger partial charge in [0, 0.05) is 31.9 Å². The lowest BCUT2D eigenvalue weighted by atomic mass is 10.0. The first-order chi connectivity index (χ1) is 15.0. The number of carbonyl (C=O) groups is 2. The van der Waals surface area contributed by atoms with E-state index in [1.54, 1.807) is 12.1 Å². The number of amides is 2. The van der Waals surface area contributed by atoms with E-state index in [9.17, 15) is 9.59 Å². The van der Waals surface area contributed by atoms with Crippen molar-refractivity contribution in [1.82, 2.24) is 10.6 Å². The molecule has 0 fully saturated rings. The third-order valence-corrected chi connectivity index (χ3v) is 5.08. The SMILES string of the molecule is CN(C)c1ccc(CCCNC(=O)CNC(=O)c2ccc(-c3ccccc3)cc2)cc1. The molecule has 0 spiro atoms. The van der Waals surface area contributed by atoms with Crippen molar-refractivity contribution in [3.8, 4) is 11.1 Å². The molecule has 3 aromatic rings. The molecule has 31 heavy (non-hydrogen) atoms. The van der Waals surface area contributed by atoms with Crippen LogP contribution in [-0.4, -0.2) is 39.0 Å². The van der Waals surface area contributed by atoms with E-state index in [0.717, 1.165) is 24.0 Å². The molecule has 2 amide bonds. The summed E-state index contributed by atoms with van der Waals surface area (Å²) in [6, 6.07) is 25.8. The van der Waals surface area contributed by atoms with Crippen molar-refractivity contribution in [2.45, 2.75) is 12.8 Å². The third kappa shape index (κ3) is 6.71. The van der Waals surface area contributed by atoms with E-state index in [2.05, 4.69) is 39.8 Å². The Labute approximate surface area is 184 Å². The molecule has 3 aromatic carbocycles. The Bertz CT molecular complexity index is 981. The average molecular weight is 416 g/mol. The van der Waals surface area contributed by atoms with E-state index < -0.39 is 0 Å². The molecule has 0 heterocycles. The molecule has 0 saturated carbocycles. The van der Waals surface area contributed by atoms with Gasteiger partial charge in [0.05, 0.1) is 6.54 Å². The van der Waals surface area contributed by atoms with Gasteiger partial charge in [0.15, 0.2) is 0 Å². The molecule has 0 aliphatic carbocycles. The van der Waals surface area contributed by atoms with E-state index in [4.69, 9.17) is 0 Å². The summed E-state index contributed by atoms with van der Waals surface area (Å²) in [7, 11) is 4.03. The average Bonchev–Trinajstić information content (AvgIpc) is 2.81. The minimum atomic E-state index is -0.254. The van der Waals surface area contributed by atoms with Crippen molar-refractivity contribution < 1.29 is 9.59 Å². The van der Waals surface area contributed by atoms with Gasteiger partial charge in [-0.1, -0.05) is 54.6 Å². The quantitative estimate of drug-likeness (QED) is 0.521. The largest absolute Gasteiger partial charge is 0.378 e. The fourth-order valence-corrected chi connectivity index (χ4v) is 3.25. The van der Waals surface area contributed by atoms with Gasteiger partial charge >= 0.3 is 0 Å². The van der Waals surface area contributed by atoms with Gasteiger partial charge in [0.2, 0.25) is 5.91 Å². The molecular formula is C26H29N3O2. The van der Waals surface area contributed by atoms with Gasteiger partial charge in [-0.05, 0) is 53.8 Å². The molecule has 2 N–H and O–H groups in total. The first kappa shape index (κ1) is 22.1. The summed E-state index contributed by atoms with van der Waals surface area (Å²) in [4.78, 5) is 26.4. The normalized spacial score (nSPS) is 10.4. The molecule has 0 atom stereocenters. The van der Waals surface area contributed by atoms with Crippen LogP contribution in [-0.2, 0) is 11.2 Å². The van der Waals surface area contributed by atoms with E-state index >= 15 is 0 Å². The Kier molecular flexibility index (Phi) is 7.82. The molecule has 0 aliphatic rings. The number of carbonyl (C=O) groups excluding carboxylic acids is 2. The molecular weight excluding hydrogens is 386 g/mol. The summed E-state index contributed by atoms with van der Waals surface area (Å²) in [5.74, 6) is -0.437. The molecule has 5 nitrogen and oxygen atoms in total. The zero-order chi connectivity index (χ0) is 22.1. The van der Waals surface area contributed by atoms with Gasteiger partial charge in [-0.15, -0.1) is 0 Å². The first-order valence-corrected chi connectivity index (χ1v) is 10.5. The standard InChI is InChI=1S/C26H29N3O2/c1-29(2)24-16-10-20(11-17-24)7-6-18-27-25(30)19-28-26(31)23-14-12-22(13-15-23)21-8-4-3-5-9-21/h3-5,8-17H,6-7,18-19H2,1-2H3,(H,27,30)(H,28,31). The highest BCUT2D eigenvalue weighted by Crippen LogP contribution is 2.19. The Morgan fingerprint density at radius 3 is 2.06 bits per heavy atom. The maximum absolute atomic E-state index is 12.3. The molecule has 0 aliphatic heterocycles. The van der Waals surface area contributed by atoms with Crippen LogP contribution in [0.2, 0.25) is 0 Å². The predicted molar refractivity (Wildman–Crippen MR) is 126 cm³/mol. The van der Waals surface area contributed by atoms with Gasteiger partial charge in [0.25, 0.3) is 5.91 Å². The second-order valence-electron chi connectivity index (χ2n) is 7.64. The van der Waals surface area contributed by atoms with Crippen LogP contribution >= 0.6 is 0 Å². The number of hydrogen-bond donors (Lipinski definition) is 2. The van der Waals surface area contributed by atoms with E-state index in [0.29, 0.717) is 12.1 Å². The predicted octanol–water partition coefficient (Wildman–Crippen LogP) is 3.90. The highest BCUT2D eigenvalue weighted by molar-refractivity contribution is 5.96. The summed E-state index contributed by atoms with van der Waals surface area (Å²) in [6.45, 7) is 0.548. The summed E-state index contributed by atoms with van der Waals surface area (Å²) < 4.78 is 0. The van der Waals surface area contributed by atoms with Gasteiger partial charge in [-0.25, -0.2) is 0 Å². The van der Waals surface area contributed by atoms with Crippen LogP contribution in [0.3, 0.4) is 0 Å². The number of rotatable bonds is 9. The molecule has 0 bridgehead atoms. The van der Waals surface area contributed by atoms with Crippen LogP contribution in [0.25, 0.3) is 11.1 Å². The minimum absolute atomic E-state index is 0.0310. The number of nitrogens with zero attached hydrogens (tertiary/aromatic N) is 1. The number of hydrogen-bond acceptors (Lipinski definition) is 3. The fourth-order valence-electron chi connectivity index (χ4n) is 3.25. The smallest absolute Gasteiger partial charge is 0.251 e. The van der Waals surface area contributed by atoms with Gasteiger partial charge < -0.3 is 15.5 Å². The van der Waals surface area contributed by atoms with Crippen molar-refractivity contribution in [3.05, 3.63) is 90.0 Å². The Balaban J connectivity index is 1.36. The fraction of sp³-hybridized carbons (Fsp3) is 0.231. The van der Waals surface area contributed by atoms with E-state index in [-0.39, 0.29) is 18.4 Å². The molecule has 160 valence electrons. The molecule has 5 heteroatoms. The lowest BCUT2D eigenvalue weighted by molar-refractivity contribution is -0.120. The van der Waals surface area contributed by atoms with Gasteiger partial charge in [-0.3, -0.25) is 9.59 Å². The number of nitrogens with one attached hydrogen (secondary N) is 2. The first-order valence-electron chi connectivity index (χ1n) is 10.5. The summed E-state index contributed by atoms with van der Waals surface area (Å²) in [5.41, 5.74) is 5.09. The summed E-state index contributed by atoms with van der Waals surface area (Å²) in [6.07, 6.45) is 1.75. The highest BCUT2D eigenvalue weighted by Gasteiger charge is 2.08. The van der Waals surface area contributed by atoms with Crippen LogP contribution in [0.4, 0.5) is 5.69 Å². The van der Waals surface area contributed by atoms with Crippen molar-refractivity contribution in [2.24, 2.45) is 0 Å². The van der Waals surface area contributed by atoms with Crippen LogP contribution in [0, 0.1) is 0 Å². The van der Waals surface area contributed by atoms with Crippen LogP contribution in [0.5, 0.6) is 0 Å². The van der Waals surface area contributed by atoms with Crippen LogP contribution in [0.1, 0.15) is 22.3 Å². The summed E-state index contributed by atoms with van der Waals surface area (Å²) >= 11 is 0. The van der Waals surface area contributed by atoms with Crippen molar-refractivity contribution in [1.29, 1.82) is 0 Å². The van der Waals surface area contributed by atoms with Gasteiger partial charge in [0.1, 0.15) is 0 Å². The zero-order valence-corrected chi connectivity index (χ0v) is 18.1. The highest BCUT2D eigenvalue weighted by atomic mass is 16.2.